The summed E-state index contributed by atoms with van der Waals surface area (Å²) in [4.78, 5) is 25.7. The number of aromatic amines is 1. The molecule has 1 N–H and O–H groups in total. The maximum atomic E-state index is 11.8. The number of hydrogen-bond donors (Lipinski definition) is 1. The number of ether oxygens (including phenoxy) is 1. The van der Waals surface area contributed by atoms with Crippen LogP contribution in [0.25, 0.3) is 11.1 Å². The Morgan fingerprint density at radius 3 is 1.95 bits per heavy atom. The lowest BCUT2D eigenvalue weighted by Gasteiger charge is -2.14. The number of benzene rings is 1. The van der Waals surface area contributed by atoms with Gasteiger partial charge in [0.15, 0.2) is 0 Å². The number of halogens is 5. The fourth-order valence-corrected chi connectivity index (χ4v) is 3.13. The molecule has 22 heavy (non-hydrogen) atoms. The third-order valence-electron chi connectivity index (χ3n) is 2.79. The highest BCUT2D eigenvalue weighted by Crippen LogP contribution is 2.48. The van der Waals surface area contributed by atoms with Gasteiger partial charge in [-0.15, -0.1) is 0 Å². The Morgan fingerprint density at radius 1 is 0.955 bits per heavy atom. The van der Waals surface area contributed by atoms with E-state index in [2.05, 4.69) is 9.72 Å². The van der Waals surface area contributed by atoms with E-state index in [1.165, 1.54) is 19.2 Å². The average molecular weight is 401 g/mol. The van der Waals surface area contributed by atoms with Crippen LogP contribution < -0.4 is 5.56 Å². The zero-order valence-electron chi connectivity index (χ0n) is 10.8. The predicted molar refractivity (Wildman–Crippen MR) is 88.9 cm³/mol. The number of esters is 1. The summed E-state index contributed by atoms with van der Waals surface area (Å²) >= 11 is 30.3. The normalized spacial score (nSPS) is 10.6. The smallest absolute Gasteiger partial charge is 0.355 e. The van der Waals surface area contributed by atoms with Gasteiger partial charge < -0.3 is 9.72 Å². The fourth-order valence-electron chi connectivity index (χ4n) is 1.79. The highest BCUT2D eigenvalue weighted by atomic mass is 35.5. The molecule has 0 atom stereocenters. The van der Waals surface area contributed by atoms with Crippen LogP contribution in [0, 0.1) is 0 Å². The van der Waals surface area contributed by atoms with Gasteiger partial charge in [0.25, 0.3) is 0 Å². The number of pyridine rings is 1. The molecular weight excluding hydrogens is 395 g/mol. The second-order valence-electron chi connectivity index (χ2n) is 4.05. The summed E-state index contributed by atoms with van der Waals surface area (Å²) in [6.45, 7) is 0. The van der Waals surface area contributed by atoms with E-state index in [9.17, 15) is 9.59 Å². The van der Waals surface area contributed by atoms with Crippen LogP contribution in [0.3, 0.4) is 0 Å². The van der Waals surface area contributed by atoms with Crippen LogP contribution in [0.2, 0.25) is 25.1 Å². The number of methoxy groups -OCH3 is 1. The van der Waals surface area contributed by atoms with Gasteiger partial charge in [0.2, 0.25) is 5.56 Å². The van der Waals surface area contributed by atoms with E-state index in [4.69, 9.17) is 58.0 Å². The van der Waals surface area contributed by atoms with Gasteiger partial charge in [0, 0.05) is 17.2 Å². The summed E-state index contributed by atoms with van der Waals surface area (Å²) in [6, 6.07) is 2.56. The summed E-state index contributed by atoms with van der Waals surface area (Å²) in [6.07, 6.45) is 0. The molecule has 0 fully saturated rings. The second kappa shape index (κ2) is 6.69. The van der Waals surface area contributed by atoms with Crippen LogP contribution in [-0.2, 0) is 4.74 Å². The molecule has 9 heteroatoms. The quantitative estimate of drug-likeness (QED) is 0.433. The highest BCUT2D eigenvalue weighted by Gasteiger charge is 2.24. The van der Waals surface area contributed by atoms with E-state index in [0.29, 0.717) is 0 Å². The van der Waals surface area contributed by atoms with E-state index in [-0.39, 0.29) is 41.9 Å². The zero-order valence-corrected chi connectivity index (χ0v) is 14.5. The standard InChI is InChI=1S/C13H6Cl5NO3/c1-22-13(21)12-4(2-3-5(20)19-12)6-7(14)9(16)11(18)10(17)8(6)15/h2-3H,1H3,(H,19,20). The van der Waals surface area contributed by atoms with E-state index < -0.39 is 11.5 Å². The first-order valence-electron chi connectivity index (χ1n) is 5.63. The minimum absolute atomic E-state index is 0.00160. The first-order valence-corrected chi connectivity index (χ1v) is 7.52. The van der Waals surface area contributed by atoms with Gasteiger partial charge in [-0.05, 0) is 6.07 Å². The minimum atomic E-state index is -0.776. The monoisotopic (exact) mass is 399 g/mol. The first kappa shape index (κ1) is 17.4. The van der Waals surface area contributed by atoms with Crippen molar-refractivity contribution in [3.63, 3.8) is 0 Å². The molecule has 0 saturated carbocycles. The molecule has 2 rings (SSSR count). The van der Waals surface area contributed by atoms with E-state index in [1.807, 2.05) is 0 Å². The third-order valence-corrected chi connectivity index (χ3v) is 5.06. The van der Waals surface area contributed by atoms with Crippen LogP contribution in [0.15, 0.2) is 16.9 Å². The maximum Gasteiger partial charge on any atom is 0.355 e. The molecule has 0 amide bonds. The van der Waals surface area contributed by atoms with Crippen molar-refractivity contribution in [2.24, 2.45) is 0 Å². The number of carbonyl (C=O) groups excluding carboxylic acids is 1. The molecule has 2 aromatic rings. The van der Waals surface area contributed by atoms with Gasteiger partial charge in [0.05, 0.1) is 32.2 Å². The largest absolute Gasteiger partial charge is 0.464 e. The molecule has 1 heterocycles. The van der Waals surface area contributed by atoms with Crippen LogP contribution in [-0.4, -0.2) is 18.1 Å². The molecule has 0 bridgehead atoms. The Balaban J connectivity index is 2.89. The van der Waals surface area contributed by atoms with Gasteiger partial charge in [0.1, 0.15) is 5.69 Å². The van der Waals surface area contributed by atoms with Gasteiger partial charge in [-0.3, -0.25) is 4.79 Å². The number of H-pyrrole nitrogens is 1. The second-order valence-corrected chi connectivity index (χ2v) is 5.94. The number of aromatic nitrogens is 1. The number of hydrogen-bond acceptors (Lipinski definition) is 3. The molecule has 0 spiro atoms. The van der Waals surface area contributed by atoms with Crippen molar-refractivity contribution >= 4 is 64.0 Å². The van der Waals surface area contributed by atoms with E-state index in [0.717, 1.165) is 0 Å². The maximum absolute atomic E-state index is 11.8. The lowest BCUT2D eigenvalue weighted by molar-refractivity contribution is 0.0594. The SMILES string of the molecule is COC(=O)c1[nH]c(=O)ccc1-c1c(Cl)c(Cl)c(Cl)c(Cl)c1Cl. The molecule has 1 aromatic heterocycles. The van der Waals surface area contributed by atoms with Crippen molar-refractivity contribution in [1.29, 1.82) is 0 Å². The lowest BCUT2D eigenvalue weighted by atomic mass is 10.0. The summed E-state index contributed by atoms with van der Waals surface area (Å²) in [5, 5.41) is -0.0489. The van der Waals surface area contributed by atoms with Crippen molar-refractivity contribution in [2.45, 2.75) is 0 Å². The van der Waals surface area contributed by atoms with Crippen LogP contribution in [0.4, 0.5) is 0 Å². The number of nitrogens with one attached hydrogen (secondary N) is 1. The Labute approximate surface area is 149 Å². The Kier molecular flexibility index (Phi) is 5.30. The first-order chi connectivity index (χ1) is 10.3. The minimum Gasteiger partial charge on any atom is -0.464 e. The number of carbonyl (C=O) groups is 1. The van der Waals surface area contributed by atoms with Gasteiger partial charge >= 0.3 is 5.97 Å². The van der Waals surface area contributed by atoms with E-state index >= 15 is 0 Å². The molecule has 1 aromatic carbocycles. The number of rotatable bonds is 2. The van der Waals surface area contributed by atoms with E-state index in [1.54, 1.807) is 0 Å². The molecular formula is C13H6Cl5NO3. The van der Waals surface area contributed by atoms with Gasteiger partial charge in [-0.1, -0.05) is 58.0 Å². The summed E-state index contributed by atoms with van der Waals surface area (Å²) in [5.41, 5.74) is -0.253. The van der Waals surface area contributed by atoms with Crippen LogP contribution in [0.1, 0.15) is 10.5 Å². The van der Waals surface area contributed by atoms with Crippen molar-refractivity contribution in [3.8, 4) is 11.1 Å². The van der Waals surface area contributed by atoms with Crippen molar-refractivity contribution in [1.82, 2.24) is 4.98 Å². The highest BCUT2D eigenvalue weighted by molar-refractivity contribution is 6.56. The van der Waals surface area contributed by atoms with Gasteiger partial charge in [-0.25, -0.2) is 4.79 Å². The lowest BCUT2D eigenvalue weighted by Crippen LogP contribution is -2.14. The molecule has 0 aliphatic rings. The van der Waals surface area contributed by atoms with Crippen molar-refractivity contribution in [2.75, 3.05) is 7.11 Å². The Bertz CT molecular complexity index is 802. The average Bonchev–Trinajstić information content (AvgIpc) is 2.51. The fraction of sp³-hybridized carbons (Fsp3) is 0.0769. The Morgan fingerprint density at radius 2 is 1.45 bits per heavy atom. The third kappa shape index (κ3) is 2.94. The molecule has 0 aliphatic carbocycles. The predicted octanol–water partition coefficient (Wildman–Crippen LogP) is 5.10. The molecule has 0 saturated heterocycles. The molecule has 4 nitrogen and oxygen atoms in total. The summed E-state index contributed by atoms with van der Waals surface area (Å²) in [5.74, 6) is -0.776. The zero-order chi connectivity index (χ0) is 16.6. The molecule has 0 radical (unpaired) electrons. The summed E-state index contributed by atoms with van der Waals surface area (Å²) in [7, 11) is 1.17. The van der Waals surface area contributed by atoms with Crippen LogP contribution in [0.5, 0.6) is 0 Å². The summed E-state index contributed by atoms with van der Waals surface area (Å²) < 4.78 is 4.63. The topological polar surface area (TPSA) is 59.2 Å². The van der Waals surface area contributed by atoms with Crippen molar-refractivity contribution in [3.05, 3.63) is 53.3 Å². The van der Waals surface area contributed by atoms with Crippen molar-refractivity contribution < 1.29 is 9.53 Å². The van der Waals surface area contributed by atoms with Gasteiger partial charge in [-0.2, -0.15) is 0 Å². The molecule has 0 unspecified atom stereocenters. The molecule has 116 valence electrons. The van der Waals surface area contributed by atoms with Crippen LogP contribution >= 0.6 is 58.0 Å². The molecule has 0 aliphatic heterocycles. The Hall–Kier alpha value is -0.910.